The zero-order valence-corrected chi connectivity index (χ0v) is 27.2. The molecule has 51 heavy (non-hydrogen) atoms. The Bertz CT molecular complexity index is 3060. The largest absolute Gasteiger partial charge is 0.455 e. The molecule has 0 aliphatic heterocycles. The molecule has 0 saturated heterocycles. The molecule has 7 aromatic carbocycles. The monoisotopic (exact) mass is 653 g/mol. The third-order valence-electron chi connectivity index (χ3n) is 10.0. The molecule has 4 heterocycles. The number of furan rings is 2. The number of aromatic nitrogens is 3. The van der Waals surface area contributed by atoms with Gasteiger partial charge in [-0.25, -0.2) is 9.97 Å². The highest BCUT2D eigenvalue weighted by Crippen LogP contribution is 2.48. The molecule has 0 amide bonds. The summed E-state index contributed by atoms with van der Waals surface area (Å²) in [6.07, 6.45) is 0. The van der Waals surface area contributed by atoms with E-state index in [-0.39, 0.29) is 0 Å². The van der Waals surface area contributed by atoms with E-state index >= 15 is 0 Å². The molecule has 0 saturated carbocycles. The van der Waals surface area contributed by atoms with Gasteiger partial charge in [-0.15, -0.1) is 0 Å². The summed E-state index contributed by atoms with van der Waals surface area (Å²) < 4.78 is 15.8. The van der Waals surface area contributed by atoms with Crippen molar-refractivity contribution >= 4 is 65.7 Å². The zero-order chi connectivity index (χ0) is 33.5. The molecule has 0 spiro atoms. The minimum atomic E-state index is 0.696. The van der Waals surface area contributed by atoms with Gasteiger partial charge < -0.3 is 13.4 Å². The summed E-state index contributed by atoms with van der Waals surface area (Å²) in [5.74, 6) is 0.696. The summed E-state index contributed by atoms with van der Waals surface area (Å²) in [6, 6.07) is 56.3. The highest BCUT2D eigenvalue weighted by Gasteiger charge is 2.26. The summed E-state index contributed by atoms with van der Waals surface area (Å²) in [6.45, 7) is 0. The fourth-order valence-electron chi connectivity index (χ4n) is 7.73. The molecule has 0 aliphatic rings. The lowest BCUT2D eigenvalue weighted by Crippen LogP contribution is -1.97. The lowest BCUT2D eigenvalue weighted by Gasteiger charge is -2.11. The normalized spacial score (nSPS) is 11.9. The van der Waals surface area contributed by atoms with Gasteiger partial charge in [-0.1, -0.05) is 127 Å². The number of hydrogen-bond acceptors (Lipinski definition) is 4. The first kappa shape index (κ1) is 27.9. The SMILES string of the molecule is c1ccc(-c2cc(-c3ccc(-n4c5ccccc5c5c6c7ccccc7oc6c6c7ccccc7oc6c54)cc3)nc(-c3ccccc3)n2)cc1. The first-order chi connectivity index (χ1) is 25.3. The van der Waals surface area contributed by atoms with Gasteiger partial charge in [-0.3, -0.25) is 0 Å². The van der Waals surface area contributed by atoms with Crippen LogP contribution >= 0.6 is 0 Å². The van der Waals surface area contributed by atoms with Gasteiger partial charge in [0.1, 0.15) is 16.7 Å². The van der Waals surface area contributed by atoms with Gasteiger partial charge in [0, 0.05) is 49.3 Å². The van der Waals surface area contributed by atoms with E-state index in [0.29, 0.717) is 5.82 Å². The van der Waals surface area contributed by atoms with E-state index in [1.165, 1.54) is 0 Å². The molecule has 238 valence electrons. The molecule has 0 bridgehead atoms. The third-order valence-corrected chi connectivity index (χ3v) is 10.0. The topological polar surface area (TPSA) is 57.0 Å². The number of benzene rings is 7. The van der Waals surface area contributed by atoms with Crippen LogP contribution in [0, 0.1) is 0 Å². The van der Waals surface area contributed by atoms with Crippen molar-refractivity contribution in [1.29, 1.82) is 0 Å². The fraction of sp³-hybridized carbons (Fsp3) is 0. The van der Waals surface area contributed by atoms with Crippen molar-refractivity contribution in [2.45, 2.75) is 0 Å². The molecular weight excluding hydrogens is 627 g/mol. The van der Waals surface area contributed by atoms with Crippen molar-refractivity contribution in [3.63, 3.8) is 0 Å². The minimum absolute atomic E-state index is 0.696. The van der Waals surface area contributed by atoms with Crippen LogP contribution in [0.4, 0.5) is 0 Å². The van der Waals surface area contributed by atoms with Crippen LogP contribution in [0.5, 0.6) is 0 Å². The van der Waals surface area contributed by atoms with Crippen LogP contribution in [0.1, 0.15) is 0 Å². The van der Waals surface area contributed by atoms with E-state index in [1.54, 1.807) is 0 Å². The van der Waals surface area contributed by atoms with Crippen molar-refractivity contribution < 1.29 is 8.83 Å². The summed E-state index contributed by atoms with van der Waals surface area (Å²) in [7, 11) is 0. The van der Waals surface area contributed by atoms with Crippen LogP contribution < -0.4 is 0 Å². The Morgan fingerprint density at radius 3 is 1.63 bits per heavy atom. The maximum Gasteiger partial charge on any atom is 0.163 e. The Kier molecular flexibility index (Phi) is 5.89. The molecule has 0 unspecified atom stereocenters. The van der Waals surface area contributed by atoms with Crippen LogP contribution in [-0.2, 0) is 0 Å². The number of rotatable bonds is 4. The van der Waals surface area contributed by atoms with Crippen molar-refractivity contribution in [1.82, 2.24) is 14.5 Å². The second kappa shape index (κ2) is 10.8. The van der Waals surface area contributed by atoms with E-state index in [4.69, 9.17) is 18.8 Å². The van der Waals surface area contributed by atoms with E-state index in [2.05, 4.69) is 108 Å². The van der Waals surface area contributed by atoms with Crippen molar-refractivity contribution in [3.05, 3.63) is 164 Å². The summed E-state index contributed by atoms with van der Waals surface area (Å²) in [4.78, 5) is 10.1. The Labute approximate surface area is 291 Å². The number of para-hydroxylation sites is 3. The Balaban J connectivity index is 1.18. The molecule has 4 aromatic heterocycles. The Hall–Kier alpha value is -6.98. The lowest BCUT2D eigenvalue weighted by atomic mass is 10.0. The molecule has 0 N–H and O–H groups in total. The molecule has 5 nitrogen and oxygen atoms in total. The lowest BCUT2D eigenvalue weighted by molar-refractivity contribution is 0.664. The number of fused-ring (bicyclic) bond motifs is 12. The van der Waals surface area contributed by atoms with Crippen LogP contribution in [0.3, 0.4) is 0 Å². The quantitative estimate of drug-likeness (QED) is 0.190. The first-order valence-corrected chi connectivity index (χ1v) is 17.1. The van der Waals surface area contributed by atoms with Crippen LogP contribution in [0.25, 0.3) is 105 Å². The predicted octanol–water partition coefficient (Wildman–Crippen LogP) is 12.4. The molecule has 11 rings (SSSR count). The van der Waals surface area contributed by atoms with Gasteiger partial charge in [-0.2, -0.15) is 0 Å². The van der Waals surface area contributed by atoms with Gasteiger partial charge in [-0.05, 0) is 36.4 Å². The molecule has 11 aromatic rings. The second-order valence-corrected chi connectivity index (χ2v) is 12.9. The van der Waals surface area contributed by atoms with E-state index in [0.717, 1.165) is 99.4 Å². The predicted molar refractivity (Wildman–Crippen MR) is 207 cm³/mol. The molecular formula is C46H27N3O2. The highest BCUT2D eigenvalue weighted by molar-refractivity contribution is 6.38. The van der Waals surface area contributed by atoms with Gasteiger partial charge in [0.15, 0.2) is 11.4 Å². The standard InChI is InChI=1S/C46H27N3O2/c1-3-13-28(14-4-1)35-27-36(48-46(47-35)30-15-5-2-6-16-30)29-23-25-31(26-24-29)49-37-20-10-7-17-32(37)40-41-33-18-8-11-21-38(33)50-44(41)42-34-19-9-12-22-39(34)51-45(42)43(40)49/h1-27H. The van der Waals surface area contributed by atoms with E-state index in [1.807, 2.05) is 60.7 Å². The van der Waals surface area contributed by atoms with E-state index < -0.39 is 0 Å². The van der Waals surface area contributed by atoms with E-state index in [9.17, 15) is 0 Å². The molecule has 5 heteroatoms. The Morgan fingerprint density at radius 1 is 0.412 bits per heavy atom. The third kappa shape index (κ3) is 4.15. The molecule has 0 fully saturated rings. The van der Waals surface area contributed by atoms with Crippen LogP contribution in [0.15, 0.2) is 173 Å². The highest BCUT2D eigenvalue weighted by atomic mass is 16.3. The maximum absolute atomic E-state index is 6.77. The zero-order valence-electron chi connectivity index (χ0n) is 27.2. The minimum Gasteiger partial charge on any atom is -0.455 e. The van der Waals surface area contributed by atoms with Crippen molar-refractivity contribution in [3.8, 4) is 39.6 Å². The van der Waals surface area contributed by atoms with Crippen LogP contribution in [0.2, 0.25) is 0 Å². The van der Waals surface area contributed by atoms with Gasteiger partial charge in [0.25, 0.3) is 0 Å². The van der Waals surface area contributed by atoms with Gasteiger partial charge in [0.2, 0.25) is 0 Å². The second-order valence-electron chi connectivity index (χ2n) is 12.9. The summed E-state index contributed by atoms with van der Waals surface area (Å²) in [5, 5.41) is 6.50. The van der Waals surface area contributed by atoms with Crippen LogP contribution in [-0.4, -0.2) is 14.5 Å². The average Bonchev–Trinajstić information content (AvgIpc) is 3.88. The van der Waals surface area contributed by atoms with Crippen molar-refractivity contribution in [2.75, 3.05) is 0 Å². The average molecular weight is 654 g/mol. The van der Waals surface area contributed by atoms with Gasteiger partial charge >= 0.3 is 0 Å². The summed E-state index contributed by atoms with van der Waals surface area (Å²) in [5.41, 5.74) is 11.3. The van der Waals surface area contributed by atoms with Gasteiger partial charge in [0.05, 0.1) is 27.8 Å². The fourth-order valence-corrected chi connectivity index (χ4v) is 7.73. The first-order valence-electron chi connectivity index (χ1n) is 17.1. The number of hydrogen-bond donors (Lipinski definition) is 0. The smallest absolute Gasteiger partial charge is 0.163 e. The summed E-state index contributed by atoms with van der Waals surface area (Å²) >= 11 is 0. The molecule has 0 aliphatic carbocycles. The molecule has 0 atom stereocenters. The Morgan fingerprint density at radius 2 is 0.941 bits per heavy atom. The number of nitrogens with zero attached hydrogens (tertiary/aromatic N) is 3. The maximum atomic E-state index is 6.77. The molecule has 0 radical (unpaired) electrons. The van der Waals surface area contributed by atoms with Crippen molar-refractivity contribution in [2.24, 2.45) is 0 Å².